The molecule has 1 aromatic rings. The smallest absolute Gasteiger partial charge is 0.135 e. The zero-order valence-corrected chi connectivity index (χ0v) is 8.70. The second kappa shape index (κ2) is 4.18. The van der Waals surface area contributed by atoms with Crippen molar-refractivity contribution >= 4 is 0 Å². The standard InChI is InChI=1S/C12H18O2/c1-9-6-7-14-12(9)11(13)8-10-4-2-3-5-10/h6-7,10-11,13H,2-5,8H2,1H3. The minimum atomic E-state index is -0.395. The van der Waals surface area contributed by atoms with E-state index in [-0.39, 0.29) is 0 Å². The summed E-state index contributed by atoms with van der Waals surface area (Å²) in [5.74, 6) is 1.46. The maximum Gasteiger partial charge on any atom is 0.135 e. The van der Waals surface area contributed by atoms with Gasteiger partial charge in [-0.25, -0.2) is 0 Å². The van der Waals surface area contributed by atoms with Crippen molar-refractivity contribution in [2.45, 2.75) is 45.1 Å². The zero-order chi connectivity index (χ0) is 9.97. The molecule has 0 aromatic carbocycles. The van der Waals surface area contributed by atoms with Crippen LogP contribution in [0.1, 0.15) is 49.5 Å². The number of aryl methyl sites for hydroxylation is 1. The van der Waals surface area contributed by atoms with Gasteiger partial charge in [-0.15, -0.1) is 0 Å². The van der Waals surface area contributed by atoms with Gasteiger partial charge in [-0.1, -0.05) is 25.7 Å². The Bertz CT molecular complexity index is 284. The van der Waals surface area contributed by atoms with Crippen LogP contribution in [-0.4, -0.2) is 5.11 Å². The highest BCUT2D eigenvalue weighted by Crippen LogP contribution is 2.33. The van der Waals surface area contributed by atoms with Crippen molar-refractivity contribution in [1.82, 2.24) is 0 Å². The zero-order valence-electron chi connectivity index (χ0n) is 8.70. The van der Waals surface area contributed by atoms with Gasteiger partial charge in [0.25, 0.3) is 0 Å². The first-order valence-electron chi connectivity index (χ1n) is 5.49. The first kappa shape index (κ1) is 9.78. The highest BCUT2D eigenvalue weighted by Gasteiger charge is 2.22. The fraction of sp³-hybridized carbons (Fsp3) is 0.667. The number of aliphatic hydroxyl groups is 1. The summed E-state index contributed by atoms with van der Waals surface area (Å²) < 4.78 is 5.29. The Balaban J connectivity index is 1.95. The van der Waals surface area contributed by atoms with E-state index in [1.807, 2.05) is 13.0 Å². The van der Waals surface area contributed by atoms with Gasteiger partial charge in [-0.2, -0.15) is 0 Å². The van der Waals surface area contributed by atoms with E-state index < -0.39 is 6.10 Å². The number of aliphatic hydroxyl groups excluding tert-OH is 1. The van der Waals surface area contributed by atoms with Gasteiger partial charge in [0.15, 0.2) is 0 Å². The molecule has 78 valence electrons. The fourth-order valence-corrected chi connectivity index (χ4v) is 2.39. The van der Waals surface area contributed by atoms with E-state index in [2.05, 4.69) is 0 Å². The van der Waals surface area contributed by atoms with Crippen molar-refractivity contribution < 1.29 is 9.52 Å². The molecule has 1 N–H and O–H groups in total. The average Bonchev–Trinajstić information content (AvgIpc) is 2.75. The van der Waals surface area contributed by atoms with Crippen molar-refractivity contribution in [2.24, 2.45) is 5.92 Å². The molecule has 0 aliphatic heterocycles. The highest BCUT2D eigenvalue weighted by molar-refractivity contribution is 5.16. The molecule has 1 atom stereocenters. The lowest BCUT2D eigenvalue weighted by atomic mass is 9.98. The molecule has 0 radical (unpaired) electrons. The lowest BCUT2D eigenvalue weighted by Gasteiger charge is -2.13. The van der Waals surface area contributed by atoms with Crippen LogP contribution in [-0.2, 0) is 0 Å². The lowest BCUT2D eigenvalue weighted by Crippen LogP contribution is -2.04. The molecule has 1 aromatic heterocycles. The number of rotatable bonds is 3. The summed E-state index contributed by atoms with van der Waals surface area (Å²) >= 11 is 0. The van der Waals surface area contributed by atoms with Gasteiger partial charge < -0.3 is 9.52 Å². The van der Waals surface area contributed by atoms with Crippen LogP contribution in [0.2, 0.25) is 0 Å². The Labute approximate surface area is 84.9 Å². The van der Waals surface area contributed by atoms with Crippen LogP contribution >= 0.6 is 0 Å². The molecule has 2 heteroatoms. The first-order chi connectivity index (χ1) is 6.77. The molecule has 0 spiro atoms. The van der Waals surface area contributed by atoms with E-state index in [1.54, 1.807) is 6.26 Å². The van der Waals surface area contributed by atoms with Crippen LogP contribution in [0.4, 0.5) is 0 Å². The third-order valence-corrected chi connectivity index (χ3v) is 3.24. The van der Waals surface area contributed by atoms with Crippen molar-refractivity contribution in [3.05, 3.63) is 23.7 Å². The van der Waals surface area contributed by atoms with E-state index in [0.717, 1.165) is 17.7 Å². The molecule has 0 saturated heterocycles. The van der Waals surface area contributed by atoms with Gasteiger partial charge in [-0.05, 0) is 30.9 Å². The van der Waals surface area contributed by atoms with Gasteiger partial charge in [-0.3, -0.25) is 0 Å². The first-order valence-corrected chi connectivity index (χ1v) is 5.49. The molecule has 1 aliphatic carbocycles. The summed E-state index contributed by atoms with van der Waals surface area (Å²) in [7, 11) is 0. The van der Waals surface area contributed by atoms with Crippen molar-refractivity contribution in [3.63, 3.8) is 0 Å². The monoisotopic (exact) mass is 194 g/mol. The topological polar surface area (TPSA) is 33.4 Å². The Kier molecular flexibility index (Phi) is 2.92. The Morgan fingerprint density at radius 3 is 2.79 bits per heavy atom. The normalized spacial score (nSPS) is 20.1. The predicted molar refractivity (Wildman–Crippen MR) is 55.0 cm³/mol. The van der Waals surface area contributed by atoms with Crippen LogP contribution in [0.3, 0.4) is 0 Å². The van der Waals surface area contributed by atoms with Crippen LogP contribution < -0.4 is 0 Å². The summed E-state index contributed by atoms with van der Waals surface area (Å²) in [5, 5.41) is 9.96. The van der Waals surface area contributed by atoms with Gasteiger partial charge in [0.2, 0.25) is 0 Å². The molecule has 0 amide bonds. The van der Waals surface area contributed by atoms with E-state index >= 15 is 0 Å². The van der Waals surface area contributed by atoms with Crippen molar-refractivity contribution in [3.8, 4) is 0 Å². The molecular formula is C12H18O2. The number of hydrogen-bond donors (Lipinski definition) is 1. The van der Waals surface area contributed by atoms with Crippen LogP contribution in [0.25, 0.3) is 0 Å². The van der Waals surface area contributed by atoms with Crippen LogP contribution in [0, 0.1) is 12.8 Å². The third kappa shape index (κ3) is 2.01. The van der Waals surface area contributed by atoms with Crippen molar-refractivity contribution in [2.75, 3.05) is 0 Å². The molecule has 1 heterocycles. The van der Waals surface area contributed by atoms with E-state index in [1.165, 1.54) is 25.7 Å². The van der Waals surface area contributed by atoms with Gasteiger partial charge in [0.05, 0.1) is 6.26 Å². The number of hydrogen-bond acceptors (Lipinski definition) is 2. The van der Waals surface area contributed by atoms with E-state index in [0.29, 0.717) is 5.92 Å². The molecule has 1 aliphatic rings. The van der Waals surface area contributed by atoms with E-state index in [9.17, 15) is 5.11 Å². The quantitative estimate of drug-likeness (QED) is 0.801. The highest BCUT2D eigenvalue weighted by atomic mass is 16.4. The summed E-state index contributed by atoms with van der Waals surface area (Å²) in [4.78, 5) is 0. The fourth-order valence-electron chi connectivity index (χ4n) is 2.39. The molecule has 1 unspecified atom stereocenters. The summed E-state index contributed by atoms with van der Waals surface area (Å²) in [6, 6.07) is 1.91. The minimum Gasteiger partial charge on any atom is -0.466 e. The Hall–Kier alpha value is -0.760. The summed E-state index contributed by atoms with van der Waals surface area (Å²) in [6.45, 7) is 1.98. The maximum atomic E-state index is 9.96. The second-order valence-corrected chi connectivity index (χ2v) is 4.37. The van der Waals surface area contributed by atoms with Gasteiger partial charge in [0, 0.05) is 0 Å². The molecule has 2 rings (SSSR count). The van der Waals surface area contributed by atoms with Crippen LogP contribution in [0.5, 0.6) is 0 Å². The van der Waals surface area contributed by atoms with Gasteiger partial charge in [0.1, 0.15) is 11.9 Å². The van der Waals surface area contributed by atoms with Crippen molar-refractivity contribution in [1.29, 1.82) is 0 Å². The largest absolute Gasteiger partial charge is 0.466 e. The SMILES string of the molecule is Cc1ccoc1C(O)CC1CCCC1. The Morgan fingerprint density at radius 2 is 2.21 bits per heavy atom. The molecule has 2 nitrogen and oxygen atoms in total. The Morgan fingerprint density at radius 1 is 1.50 bits per heavy atom. The lowest BCUT2D eigenvalue weighted by molar-refractivity contribution is 0.119. The summed E-state index contributed by atoms with van der Waals surface area (Å²) in [5.41, 5.74) is 1.07. The minimum absolute atomic E-state index is 0.395. The predicted octanol–water partition coefficient (Wildman–Crippen LogP) is 3.20. The maximum absolute atomic E-state index is 9.96. The molecular weight excluding hydrogens is 176 g/mol. The van der Waals surface area contributed by atoms with Gasteiger partial charge >= 0.3 is 0 Å². The summed E-state index contributed by atoms with van der Waals surface area (Å²) in [6.07, 6.45) is 7.33. The molecule has 1 fully saturated rings. The number of furan rings is 1. The second-order valence-electron chi connectivity index (χ2n) is 4.37. The average molecular weight is 194 g/mol. The van der Waals surface area contributed by atoms with E-state index in [4.69, 9.17) is 4.42 Å². The molecule has 1 saturated carbocycles. The molecule has 0 bridgehead atoms. The molecule has 14 heavy (non-hydrogen) atoms. The third-order valence-electron chi connectivity index (χ3n) is 3.24. The van der Waals surface area contributed by atoms with Crippen LogP contribution in [0.15, 0.2) is 16.7 Å².